The minimum absolute atomic E-state index is 0.249. The van der Waals surface area contributed by atoms with Gasteiger partial charge in [-0.2, -0.15) is 13.2 Å². The van der Waals surface area contributed by atoms with Gasteiger partial charge in [-0.1, -0.05) is 13.8 Å². The molecule has 1 aliphatic rings. The molecular weight excluding hydrogens is 273 g/mol. The Morgan fingerprint density at radius 2 is 1.70 bits per heavy atom. The third kappa shape index (κ3) is 2.37. The van der Waals surface area contributed by atoms with Crippen molar-refractivity contribution in [1.29, 1.82) is 0 Å². The van der Waals surface area contributed by atoms with Gasteiger partial charge in [0.2, 0.25) is 0 Å². The number of rotatable bonds is 3. The lowest BCUT2D eigenvalue weighted by Gasteiger charge is -2.32. The van der Waals surface area contributed by atoms with Gasteiger partial charge in [-0.25, -0.2) is 0 Å². The van der Waals surface area contributed by atoms with E-state index in [1.54, 1.807) is 13.8 Å². The predicted molar refractivity (Wildman–Crippen MR) is 67.3 cm³/mol. The zero-order valence-corrected chi connectivity index (χ0v) is 11.1. The van der Waals surface area contributed by atoms with Crippen LogP contribution in [-0.2, 0) is 11.6 Å². The molecule has 0 unspecified atom stereocenters. The van der Waals surface area contributed by atoms with E-state index in [4.69, 9.17) is 5.73 Å². The maximum atomic E-state index is 12.9. The fourth-order valence-electron chi connectivity index (χ4n) is 2.29. The van der Waals surface area contributed by atoms with Crippen molar-refractivity contribution in [3.63, 3.8) is 0 Å². The highest BCUT2D eigenvalue weighted by atomic mass is 19.4. The van der Waals surface area contributed by atoms with Crippen molar-refractivity contribution in [2.45, 2.75) is 43.8 Å². The molecule has 7 heteroatoms. The smallest absolute Gasteiger partial charge is 0.324 e. The topological polar surface area (TPSA) is 69.2 Å². The Morgan fingerprint density at radius 3 is 2.10 bits per heavy atom. The fourth-order valence-corrected chi connectivity index (χ4v) is 2.29. The molecule has 2 rings (SSSR count). The van der Waals surface area contributed by atoms with Gasteiger partial charge in [0.25, 0.3) is 5.69 Å². The lowest BCUT2D eigenvalue weighted by Crippen LogP contribution is -2.43. The summed E-state index contributed by atoms with van der Waals surface area (Å²) in [5, 5.41) is 10.8. The lowest BCUT2D eigenvalue weighted by molar-refractivity contribution is -0.385. The summed E-state index contributed by atoms with van der Waals surface area (Å²) < 4.78 is 38.6. The number of non-ortho nitro benzene ring substituents is 1. The van der Waals surface area contributed by atoms with E-state index >= 15 is 0 Å². The van der Waals surface area contributed by atoms with Crippen LogP contribution in [0.1, 0.15) is 37.8 Å². The van der Waals surface area contributed by atoms with E-state index in [0.29, 0.717) is 18.9 Å². The monoisotopic (exact) mass is 288 g/mol. The molecule has 20 heavy (non-hydrogen) atoms. The standard InChI is InChI=1S/C13H15F3N2O2/c1-11(2,12(17)3-4-12)8-5-9(13(14,15)16)7-10(6-8)18(19)20/h5-7H,3-4,17H2,1-2H3. The molecule has 4 nitrogen and oxygen atoms in total. The van der Waals surface area contributed by atoms with Gasteiger partial charge in [0.1, 0.15) is 0 Å². The molecule has 2 N–H and O–H groups in total. The molecule has 0 aromatic heterocycles. The second-order valence-corrected chi connectivity index (χ2v) is 5.80. The number of hydrogen-bond acceptors (Lipinski definition) is 3. The molecule has 0 amide bonds. The van der Waals surface area contributed by atoms with Gasteiger partial charge in [0.05, 0.1) is 10.5 Å². The number of alkyl halides is 3. The van der Waals surface area contributed by atoms with E-state index in [-0.39, 0.29) is 5.56 Å². The average Bonchev–Trinajstić information content (AvgIpc) is 3.07. The Kier molecular flexibility index (Phi) is 3.09. The summed E-state index contributed by atoms with van der Waals surface area (Å²) in [5.74, 6) is 0. The van der Waals surface area contributed by atoms with Crippen molar-refractivity contribution in [2.75, 3.05) is 0 Å². The second-order valence-electron chi connectivity index (χ2n) is 5.80. The van der Waals surface area contributed by atoms with Crippen molar-refractivity contribution in [1.82, 2.24) is 0 Å². The van der Waals surface area contributed by atoms with Gasteiger partial charge < -0.3 is 5.73 Å². The number of nitrogens with two attached hydrogens (primary N) is 1. The van der Waals surface area contributed by atoms with Crippen molar-refractivity contribution < 1.29 is 18.1 Å². The molecule has 1 saturated carbocycles. The highest BCUT2D eigenvalue weighted by Crippen LogP contribution is 2.50. The van der Waals surface area contributed by atoms with Gasteiger partial charge >= 0.3 is 6.18 Å². The largest absolute Gasteiger partial charge is 0.416 e. The SMILES string of the molecule is CC(C)(c1cc([N+](=O)[O-])cc(C(F)(F)F)c1)C1(N)CC1. The van der Waals surface area contributed by atoms with E-state index in [2.05, 4.69) is 0 Å². The summed E-state index contributed by atoms with van der Waals surface area (Å²) in [6.07, 6.45) is -3.23. The minimum Gasteiger partial charge on any atom is -0.324 e. The molecule has 1 aromatic rings. The summed E-state index contributed by atoms with van der Waals surface area (Å²) >= 11 is 0. The normalized spacial score (nSPS) is 17.9. The molecule has 110 valence electrons. The maximum Gasteiger partial charge on any atom is 0.416 e. The average molecular weight is 288 g/mol. The van der Waals surface area contributed by atoms with Crippen LogP contribution in [-0.4, -0.2) is 10.5 Å². The number of halogens is 3. The zero-order chi connectivity index (χ0) is 15.3. The summed E-state index contributed by atoms with van der Waals surface area (Å²) in [4.78, 5) is 10.0. The molecule has 0 bridgehead atoms. The minimum atomic E-state index is -4.62. The van der Waals surface area contributed by atoms with E-state index in [1.807, 2.05) is 0 Å². The number of nitrogens with zero attached hydrogens (tertiary/aromatic N) is 1. The van der Waals surface area contributed by atoms with Crippen LogP contribution >= 0.6 is 0 Å². The summed E-state index contributed by atoms with van der Waals surface area (Å²) in [7, 11) is 0. The van der Waals surface area contributed by atoms with E-state index in [0.717, 1.165) is 6.07 Å². The zero-order valence-electron chi connectivity index (χ0n) is 11.1. The van der Waals surface area contributed by atoms with Crippen LogP contribution in [0.15, 0.2) is 18.2 Å². The quantitative estimate of drug-likeness (QED) is 0.684. The summed E-state index contributed by atoms with van der Waals surface area (Å²) in [5.41, 5.74) is 3.42. The Hall–Kier alpha value is -1.63. The first-order chi connectivity index (χ1) is 8.97. The van der Waals surface area contributed by atoms with Crippen LogP contribution in [0.2, 0.25) is 0 Å². The molecule has 1 aliphatic carbocycles. The number of hydrogen-bond donors (Lipinski definition) is 1. The number of benzene rings is 1. The highest BCUT2D eigenvalue weighted by molar-refractivity contribution is 5.45. The Labute approximate surface area is 113 Å². The third-order valence-electron chi connectivity index (χ3n) is 4.21. The van der Waals surface area contributed by atoms with Crippen LogP contribution in [0.3, 0.4) is 0 Å². The Morgan fingerprint density at radius 1 is 1.20 bits per heavy atom. The van der Waals surface area contributed by atoms with Gasteiger partial charge in [0.15, 0.2) is 0 Å². The molecule has 1 aromatic carbocycles. The van der Waals surface area contributed by atoms with Crippen molar-refractivity contribution >= 4 is 5.69 Å². The molecular formula is C13H15F3N2O2. The maximum absolute atomic E-state index is 12.9. The second kappa shape index (κ2) is 4.18. The van der Waals surface area contributed by atoms with Crippen LogP contribution < -0.4 is 5.73 Å². The first-order valence-corrected chi connectivity index (χ1v) is 6.13. The van der Waals surface area contributed by atoms with Crippen LogP contribution in [0.25, 0.3) is 0 Å². The Balaban J connectivity index is 2.59. The summed E-state index contributed by atoms with van der Waals surface area (Å²) in [6, 6.07) is 2.69. The number of nitro benzene ring substituents is 1. The third-order valence-corrected chi connectivity index (χ3v) is 4.21. The van der Waals surface area contributed by atoms with Crippen molar-refractivity contribution in [3.05, 3.63) is 39.4 Å². The van der Waals surface area contributed by atoms with Gasteiger partial charge in [0, 0.05) is 23.1 Å². The van der Waals surface area contributed by atoms with E-state index in [1.165, 1.54) is 6.07 Å². The molecule has 0 heterocycles. The van der Waals surface area contributed by atoms with E-state index in [9.17, 15) is 23.3 Å². The van der Waals surface area contributed by atoms with Gasteiger partial charge in [-0.3, -0.25) is 10.1 Å². The fraction of sp³-hybridized carbons (Fsp3) is 0.538. The Bertz CT molecular complexity index is 563. The van der Waals surface area contributed by atoms with E-state index < -0.39 is 33.3 Å². The molecule has 0 atom stereocenters. The molecule has 1 fully saturated rings. The molecule has 0 saturated heterocycles. The predicted octanol–water partition coefficient (Wildman–Crippen LogP) is 3.38. The first kappa shape index (κ1) is 14.8. The van der Waals surface area contributed by atoms with Gasteiger partial charge in [-0.05, 0) is 24.5 Å². The van der Waals surface area contributed by atoms with Crippen LogP contribution in [0.4, 0.5) is 18.9 Å². The molecule has 0 spiro atoms. The van der Waals surface area contributed by atoms with Crippen molar-refractivity contribution in [3.8, 4) is 0 Å². The lowest BCUT2D eigenvalue weighted by atomic mass is 9.75. The summed E-state index contributed by atoms with van der Waals surface area (Å²) in [6.45, 7) is 3.44. The van der Waals surface area contributed by atoms with Gasteiger partial charge in [-0.15, -0.1) is 0 Å². The van der Waals surface area contributed by atoms with Crippen molar-refractivity contribution in [2.24, 2.45) is 5.73 Å². The number of nitro groups is 1. The first-order valence-electron chi connectivity index (χ1n) is 6.13. The molecule has 0 aliphatic heterocycles. The van der Waals surface area contributed by atoms with Crippen LogP contribution in [0, 0.1) is 10.1 Å². The molecule has 0 radical (unpaired) electrons. The van der Waals surface area contributed by atoms with Crippen LogP contribution in [0.5, 0.6) is 0 Å². The highest BCUT2D eigenvalue weighted by Gasteiger charge is 2.52.